The minimum Gasteiger partial charge on any atom is -0.497 e. The average molecular weight is 301 g/mol. The highest BCUT2D eigenvalue weighted by molar-refractivity contribution is 7.71. The molecule has 0 amide bonds. The summed E-state index contributed by atoms with van der Waals surface area (Å²) in [5.41, 5.74) is 0.785. The molecule has 0 bridgehead atoms. The van der Waals surface area contributed by atoms with Gasteiger partial charge in [-0.25, -0.2) is 0 Å². The molecule has 0 aromatic heterocycles. The third kappa shape index (κ3) is 4.75. The monoisotopic (exact) mass is 301 g/mol. The highest BCUT2D eigenvalue weighted by Crippen LogP contribution is 2.28. The van der Waals surface area contributed by atoms with Crippen LogP contribution < -0.4 is 14.4 Å². The van der Waals surface area contributed by atoms with Crippen LogP contribution in [0.3, 0.4) is 0 Å². The van der Waals surface area contributed by atoms with Gasteiger partial charge in [0.15, 0.2) is 0 Å². The van der Waals surface area contributed by atoms with Crippen LogP contribution in [0.25, 0.3) is 0 Å². The second kappa shape index (κ2) is 7.76. The first kappa shape index (κ1) is 16.3. The largest absolute Gasteiger partial charge is 0.497 e. The van der Waals surface area contributed by atoms with Gasteiger partial charge >= 0.3 is 0 Å². The number of likely N-dealkylation sites (N-methyl/N-ethyl adjacent to an activating group) is 1. The standard InChI is InChI=1S/C13H19NO5S/c1-4-14(8-11(15)9-20(16)17)10-5-12(18-2)7-13(6-10)19-3/h5-7,9,11,15H,4,8H2,1-3H3. The molecule has 0 fully saturated rings. The number of ether oxygens (including phenoxy) is 2. The van der Waals surface area contributed by atoms with Crippen molar-refractivity contribution in [1.82, 2.24) is 0 Å². The summed E-state index contributed by atoms with van der Waals surface area (Å²) < 4.78 is 31.5. The van der Waals surface area contributed by atoms with E-state index in [9.17, 15) is 13.5 Å². The predicted octanol–water partition coefficient (Wildman–Crippen LogP) is 0.572. The first-order valence-corrected chi connectivity index (χ1v) is 7.23. The Morgan fingerprint density at radius 1 is 1.25 bits per heavy atom. The zero-order chi connectivity index (χ0) is 15.1. The Kier molecular flexibility index (Phi) is 6.33. The third-order valence-electron chi connectivity index (χ3n) is 2.76. The smallest absolute Gasteiger partial charge is 0.212 e. The van der Waals surface area contributed by atoms with E-state index >= 15 is 0 Å². The molecule has 0 aliphatic carbocycles. The third-order valence-corrected chi connectivity index (χ3v) is 3.30. The van der Waals surface area contributed by atoms with E-state index in [1.165, 1.54) is 0 Å². The summed E-state index contributed by atoms with van der Waals surface area (Å²) in [5, 5.41) is 10.5. The summed E-state index contributed by atoms with van der Waals surface area (Å²) in [5.74, 6) is 1.26. The fraction of sp³-hybridized carbons (Fsp3) is 0.462. The van der Waals surface area contributed by atoms with Gasteiger partial charge in [0.05, 0.1) is 19.6 Å². The van der Waals surface area contributed by atoms with Crippen LogP contribution in [-0.2, 0) is 10.3 Å². The van der Waals surface area contributed by atoms with Gasteiger partial charge in [-0.05, 0) is 6.92 Å². The van der Waals surface area contributed by atoms with Crippen LogP contribution in [0.5, 0.6) is 11.5 Å². The molecule has 0 saturated heterocycles. The summed E-state index contributed by atoms with van der Waals surface area (Å²) in [6, 6.07) is 5.34. The lowest BCUT2D eigenvalue weighted by Gasteiger charge is -2.25. The van der Waals surface area contributed by atoms with Crippen molar-refractivity contribution < 1.29 is 23.0 Å². The molecule has 1 N–H and O–H groups in total. The van der Waals surface area contributed by atoms with E-state index in [0.29, 0.717) is 18.0 Å². The molecule has 7 heteroatoms. The highest BCUT2D eigenvalue weighted by Gasteiger charge is 2.12. The van der Waals surface area contributed by atoms with E-state index in [4.69, 9.17) is 9.47 Å². The molecule has 0 heterocycles. The zero-order valence-electron chi connectivity index (χ0n) is 11.7. The van der Waals surface area contributed by atoms with Crippen molar-refractivity contribution in [2.45, 2.75) is 13.0 Å². The van der Waals surface area contributed by atoms with Crippen LogP contribution in [0.2, 0.25) is 0 Å². The van der Waals surface area contributed by atoms with Gasteiger partial charge in [-0.2, -0.15) is 8.42 Å². The lowest BCUT2D eigenvalue weighted by Crippen LogP contribution is -2.33. The molecule has 1 aromatic carbocycles. The first-order valence-electron chi connectivity index (χ1n) is 6.09. The summed E-state index contributed by atoms with van der Waals surface area (Å²) in [6.07, 6.45) is -1.06. The van der Waals surface area contributed by atoms with Crippen LogP contribution in [-0.4, -0.2) is 52.3 Å². The fourth-order valence-corrected chi connectivity index (χ4v) is 2.13. The minimum absolute atomic E-state index is 0.167. The van der Waals surface area contributed by atoms with Gasteiger partial charge in [-0.1, -0.05) is 0 Å². The lowest BCUT2D eigenvalue weighted by atomic mass is 10.2. The molecule has 20 heavy (non-hydrogen) atoms. The molecule has 1 aromatic rings. The Hall–Kier alpha value is -1.73. The van der Waals surface area contributed by atoms with E-state index in [0.717, 1.165) is 11.1 Å². The predicted molar refractivity (Wildman–Crippen MR) is 78.4 cm³/mol. The Labute approximate surface area is 120 Å². The van der Waals surface area contributed by atoms with Gasteiger partial charge in [0.1, 0.15) is 17.6 Å². The molecule has 1 rings (SSSR count). The van der Waals surface area contributed by atoms with E-state index in [-0.39, 0.29) is 6.54 Å². The summed E-state index contributed by atoms with van der Waals surface area (Å²) in [4.78, 5) is 1.83. The van der Waals surface area contributed by atoms with Gasteiger partial charge in [0.25, 0.3) is 0 Å². The number of methoxy groups -OCH3 is 2. The number of anilines is 1. The van der Waals surface area contributed by atoms with Crippen molar-refractivity contribution in [3.63, 3.8) is 0 Å². The van der Waals surface area contributed by atoms with Crippen molar-refractivity contribution in [3.05, 3.63) is 18.2 Å². The molecule has 0 saturated carbocycles. The van der Waals surface area contributed by atoms with Crippen molar-refractivity contribution in [2.24, 2.45) is 0 Å². The van der Waals surface area contributed by atoms with E-state index in [1.807, 2.05) is 11.8 Å². The van der Waals surface area contributed by atoms with Crippen molar-refractivity contribution >= 4 is 21.3 Å². The number of nitrogens with zero attached hydrogens (tertiary/aromatic N) is 1. The lowest BCUT2D eigenvalue weighted by molar-refractivity contribution is 0.253. The normalized spacial score (nSPS) is 11.6. The molecular weight excluding hydrogens is 282 g/mol. The molecule has 112 valence electrons. The molecule has 0 spiro atoms. The Balaban J connectivity index is 3.02. The Morgan fingerprint density at radius 2 is 1.80 bits per heavy atom. The maximum atomic E-state index is 10.5. The number of hydrogen-bond donors (Lipinski definition) is 1. The molecular formula is C13H19NO5S. The Bertz CT molecular complexity index is 540. The van der Waals surface area contributed by atoms with Crippen LogP contribution in [0.1, 0.15) is 6.92 Å². The van der Waals surface area contributed by atoms with Crippen LogP contribution in [0, 0.1) is 0 Å². The topological polar surface area (TPSA) is 76.1 Å². The second-order valence-corrected chi connectivity index (χ2v) is 4.87. The van der Waals surface area contributed by atoms with Gasteiger partial charge in [-0.3, -0.25) is 0 Å². The molecule has 0 radical (unpaired) electrons. The van der Waals surface area contributed by atoms with Crippen LogP contribution >= 0.6 is 0 Å². The summed E-state index contributed by atoms with van der Waals surface area (Å²) in [7, 11) is 0.724. The van der Waals surface area contributed by atoms with E-state index < -0.39 is 16.4 Å². The first-order chi connectivity index (χ1) is 9.49. The van der Waals surface area contributed by atoms with Gasteiger partial charge in [0, 0.05) is 37.0 Å². The van der Waals surface area contributed by atoms with Crippen molar-refractivity contribution in [2.75, 3.05) is 32.2 Å². The van der Waals surface area contributed by atoms with E-state index in [2.05, 4.69) is 0 Å². The number of rotatable bonds is 7. The average Bonchev–Trinajstić information content (AvgIpc) is 2.43. The van der Waals surface area contributed by atoms with Gasteiger partial charge < -0.3 is 19.5 Å². The second-order valence-electron chi connectivity index (χ2n) is 4.07. The van der Waals surface area contributed by atoms with Crippen molar-refractivity contribution in [3.8, 4) is 11.5 Å². The van der Waals surface area contributed by atoms with Crippen molar-refractivity contribution in [1.29, 1.82) is 0 Å². The quantitative estimate of drug-likeness (QED) is 0.742. The SMILES string of the molecule is CCN(CC(O)C=S(=O)=O)c1cc(OC)cc(OC)c1. The Morgan fingerprint density at radius 3 is 2.20 bits per heavy atom. The maximum absolute atomic E-state index is 10.5. The zero-order valence-corrected chi connectivity index (χ0v) is 12.6. The number of benzene rings is 1. The molecule has 6 nitrogen and oxygen atoms in total. The number of hydrogen-bond acceptors (Lipinski definition) is 6. The van der Waals surface area contributed by atoms with E-state index in [1.54, 1.807) is 32.4 Å². The fourth-order valence-electron chi connectivity index (χ4n) is 1.79. The molecule has 1 atom stereocenters. The molecule has 0 aliphatic rings. The molecule has 1 unspecified atom stereocenters. The van der Waals surface area contributed by atoms with Crippen LogP contribution in [0.4, 0.5) is 5.69 Å². The minimum atomic E-state index is -2.38. The maximum Gasteiger partial charge on any atom is 0.212 e. The highest BCUT2D eigenvalue weighted by atomic mass is 32.2. The number of aliphatic hydroxyl groups excluding tert-OH is 1. The summed E-state index contributed by atoms with van der Waals surface area (Å²) in [6.45, 7) is 2.68. The van der Waals surface area contributed by atoms with Gasteiger partial charge in [-0.15, -0.1) is 0 Å². The number of aliphatic hydroxyl groups is 1. The summed E-state index contributed by atoms with van der Waals surface area (Å²) >= 11 is 0. The van der Waals surface area contributed by atoms with Gasteiger partial charge in [0.2, 0.25) is 10.3 Å². The molecule has 0 aliphatic heterocycles. The van der Waals surface area contributed by atoms with Crippen LogP contribution in [0.15, 0.2) is 18.2 Å².